The molecular weight excluding hydrogens is 276 g/mol. The summed E-state index contributed by atoms with van der Waals surface area (Å²) in [5.41, 5.74) is 1.91. The molecule has 22 heavy (non-hydrogen) atoms. The van der Waals surface area contributed by atoms with Gasteiger partial charge in [0.1, 0.15) is 5.75 Å². The predicted molar refractivity (Wildman–Crippen MR) is 90.0 cm³/mol. The second-order valence-electron chi connectivity index (χ2n) is 6.43. The lowest BCUT2D eigenvalue weighted by Gasteiger charge is -2.32. The van der Waals surface area contributed by atoms with Gasteiger partial charge in [-0.3, -0.25) is 4.79 Å². The van der Waals surface area contributed by atoms with E-state index in [0.717, 1.165) is 38.3 Å². The number of methoxy groups -OCH3 is 1. The van der Waals surface area contributed by atoms with Crippen LogP contribution >= 0.6 is 0 Å². The molecule has 0 aromatic heterocycles. The van der Waals surface area contributed by atoms with Crippen LogP contribution in [-0.2, 0) is 0 Å². The topological polar surface area (TPSA) is 32.8 Å². The molecule has 0 atom stereocenters. The van der Waals surface area contributed by atoms with E-state index in [1.54, 1.807) is 7.11 Å². The van der Waals surface area contributed by atoms with Gasteiger partial charge in [0.15, 0.2) is 5.78 Å². The monoisotopic (exact) mass is 304 g/mol. The molecule has 1 aliphatic heterocycles. The van der Waals surface area contributed by atoms with E-state index in [2.05, 4.69) is 30.7 Å². The molecule has 1 aromatic carbocycles. The van der Waals surface area contributed by atoms with Crippen LogP contribution in [0, 0.1) is 0 Å². The number of carbonyl (C=O) groups is 1. The number of rotatable bonds is 6. The number of benzene rings is 1. The van der Waals surface area contributed by atoms with E-state index >= 15 is 0 Å². The van der Waals surface area contributed by atoms with E-state index in [1.165, 1.54) is 5.56 Å². The maximum atomic E-state index is 12.6. The maximum absolute atomic E-state index is 12.6. The summed E-state index contributed by atoms with van der Waals surface area (Å²) in [7, 11) is 3.77. The van der Waals surface area contributed by atoms with Crippen LogP contribution in [0.1, 0.15) is 42.1 Å². The zero-order valence-corrected chi connectivity index (χ0v) is 14.3. The molecule has 2 rings (SSSR count). The molecule has 0 N–H and O–H groups in total. The predicted octanol–water partition coefficient (Wildman–Crippen LogP) is 2.64. The van der Waals surface area contributed by atoms with Gasteiger partial charge in [-0.2, -0.15) is 0 Å². The summed E-state index contributed by atoms with van der Waals surface area (Å²) in [5.74, 6) is 1.28. The summed E-state index contributed by atoms with van der Waals surface area (Å²) in [5, 5.41) is 0. The highest BCUT2D eigenvalue weighted by atomic mass is 16.5. The molecule has 1 heterocycles. The van der Waals surface area contributed by atoms with Gasteiger partial charge in [0.2, 0.25) is 0 Å². The van der Waals surface area contributed by atoms with Gasteiger partial charge in [-0.25, -0.2) is 0 Å². The molecule has 0 saturated carbocycles. The Bertz CT molecular complexity index is 506. The number of piperazine rings is 1. The van der Waals surface area contributed by atoms with Crippen LogP contribution < -0.4 is 4.74 Å². The van der Waals surface area contributed by atoms with Crippen molar-refractivity contribution in [2.24, 2.45) is 0 Å². The summed E-state index contributed by atoms with van der Waals surface area (Å²) in [6, 6.07) is 5.95. The Balaban J connectivity index is 2.00. The Morgan fingerprint density at radius 2 is 1.91 bits per heavy atom. The highest BCUT2D eigenvalue weighted by Gasteiger charge is 2.18. The number of ether oxygens (including phenoxy) is 1. The Morgan fingerprint density at radius 1 is 1.23 bits per heavy atom. The molecule has 1 saturated heterocycles. The van der Waals surface area contributed by atoms with Crippen LogP contribution in [-0.4, -0.2) is 62.5 Å². The molecule has 1 aliphatic rings. The van der Waals surface area contributed by atoms with Gasteiger partial charge in [0.05, 0.1) is 12.7 Å². The second-order valence-corrected chi connectivity index (χ2v) is 6.43. The molecular formula is C18H28N2O2. The Kier molecular flexibility index (Phi) is 5.98. The van der Waals surface area contributed by atoms with E-state index in [4.69, 9.17) is 4.74 Å². The molecule has 1 fully saturated rings. The molecule has 4 heteroatoms. The van der Waals surface area contributed by atoms with Crippen molar-refractivity contribution in [1.82, 2.24) is 9.80 Å². The average Bonchev–Trinajstić information content (AvgIpc) is 2.53. The first-order valence-corrected chi connectivity index (χ1v) is 8.13. The van der Waals surface area contributed by atoms with Crippen molar-refractivity contribution in [2.45, 2.75) is 26.2 Å². The van der Waals surface area contributed by atoms with Gasteiger partial charge in [0, 0.05) is 39.1 Å². The first-order chi connectivity index (χ1) is 10.5. The minimum atomic E-state index is 0.179. The van der Waals surface area contributed by atoms with Gasteiger partial charge in [0.25, 0.3) is 0 Å². The maximum Gasteiger partial charge on any atom is 0.167 e. The summed E-state index contributed by atoms with van der Waals surface area (Å²) < 4.78 is 5.37. The Morgan fingerprint density at radius 3 is 2.50 bits per heavy atom. The molecule has 0 spiro atoms. The van der Waals surface area contributed by atoms with Crippen molar-refractivity contribution in [2.75, 3.05) is 46.9 Å². The Labute approximate surface area is 134 Å². The van der Waals surface area contributed by atoms with Crippen LogP contribution in [0.2, 0.25) is 0 Å². The molecule has 122 valence electrons. The molecule has 0 amide bonds. The third-order valence-electron chi connectivity index (χ3n) is 4.44. The zero-order valence-electron chi connectivity index (χ0n) is 14.3. The number of nitrogens with zero attached hydrogens (tertiary/aromatic N) is 2. The van der Waals surface area contributed by atoms with Gasteiger partial charge >= 0.3 is 0 Å². The van der Waals surface area contributed by atoms with E-state index in [0.29, 0.717) is 18.1 Å². The summed E-state index contributed by atoms with van der Waals surface area (Å²) in [6.45, 7) is 9.38. The van der Waals surface area contributed by atoms with Crippen LogP contribution in [0.5, 0.6) is 5.75 Å². The van der Waals surface area contributed by atoms with Crippen molar-refractivity contribution in [1.29, 1.82) is 0 Å². The number of Topliss-reactive ketones (excluding diaryl/α,β-unsaturated/α-hetero) is 1. The molecule has 0 bridgehead atoms. The third-order valence-corrected chi connectivity index (χ3v) is 4.44. The smallest absolute Gasteiger partial charge is 0.167 e. The summed E-state index contributed by atoms with van der Waals surface area (Å²) >= 11 is 0. The summed E-state index contributed by atoms with van der Waals surface area (Å²) in [4.78, 5) is 17.3. The molecule has 0 aliphatic carbocycles. The quantitative estimate of drug-likeness (QED) is 0.757. The minimum absolute atomic E-state index is 0.179. The molecule has 4 nitrogen and oxygen atoms in total. The fraction of sp³-hybridized carbons (Fsp3) is 0.611. The normalized spacial score (nSPS) is 17.0. The third kappa shape index (κ3) is 4.31. The molecule has 0 unspecified atom stereocenters. The van der Waals surface area contributed by atoms with Gasteiger partial charge in [-0.05, 0) is 30.7 Å². The average molecular weight is 304 g/mol. The lowest BCUT2D eigenvalue weighted by molar-refractivity contribution is 0.0939. The van der Waals surface area contributed by atoms with Crippen molar-refractivity contribution in [3.8, 4) is 5.75 Å². The number of hydrogen-bond donors (Lipinski definition) is 0. The summed E-state index contributed by atoms with van der Waals surface area (Å²) in [6.07, 6.45) is 0.557. The standard InChI is InChI=1S/C18H28N2O2/c1-14(2)15-5-6-18(22-4)16(13-15)17(21)7-8-20-11-9-19(3)10-12-20/h5-6,13-14H,7-12H2,1-4H3. The fourth-order valence-electron chi connectivity index (χ4n) is 2.77. The van der Waals surface area contributed by atoms with Crippen molar-refractivity contribution in [3.63, 3.8) is 0 Å². The van der Waals surface area contributed by atoms with E-state index in [-0.39, 0.29) is 5.78 Å². The SMILES string of the molecule is COc1ccc(C(C)C)cc1C(=O)CCN1CCN(C)CC1. The Hall–Kier alpha value is -1.39. The lowest BCUT2D eigenvalue weighted by atomic mass is 9.97. The zero-order chi connectivity index (χ0) is 16.1. The highest BCUT2D eigenvalue weighted by Crippen LogP contribution is 2.25. The minimum Gasteiger partial charge on any atom is -0.496 e. The van der Waals surface area contributed by atoms with Crippen LogP contribution in [0.25, 0.3) is 0 Å². The highest BCUT2D eigenvalue weighted by molar-refractivity contribution is 5.99. The first kappa shape index (κ1) is 17.0. The van der Waals surface area contributed by atoms with E-state index < -0.39 is 0 Å². The first-order valence-electron chi connectivity index (χ1n) is 8.13. The van der Waals surface area contributed by atoms with E-state index in [9.17, 15) is 4.79 Å². The fourth-order valence-corrected chi connectivity index (χ4v) is 2.77. The van der Waals surface area contributed by atoms with Gasteiger partial charge in [-0.1, -0.05) is 19.9 Å². The number of hydrogen-bond acceptors (Lipinski definition) is 4. The van der Waals surface area contributed by atoms with Crippen molar-refractivity contribution >= 4 is 5.78 Å². The second kappa shape index (κ2) is 7.75. The van der Waals surface area contributed by atoms with Gasteiger partial charge in [-0.15, -0.1) is 0 Å². The molecule has 0 radical (unpaired) electrons. The number of carbonyl (C=O) groups excluding carboxylic acids is 1. The molecule has 1 aromatic rings. The van der Waals surface area contributed by atoms with Gasteiger partial charge < -0.3 is 14.5 Å². The van der Waals surface area contributed by atoms with Crippen LogP contribution in [0.3, 0.4) is 0 Å². The lowest BCUT2D eigenvalue weighted by Crippen LogP contribution is -2.45. The van der Waals surface area contributed by atoms with Crippen LogP contribution in [0.15, 0.2) is 18.2 Å². The number of ketones is 1. The van der Waals surface area contributed by atoms with Crippen molar-refractivity contribution < 1.29 is 9.53 Å². The van der Waals surface area contributed by atoms with Crippen LogP contribution in [0.4, 0.5) is 0 Å². The number of likely N-dealkylation sites (N-methyl/N-ethyl adjacent to an activating group) is 1. The van der Waals surface area contributed by atoms with E-state index in [1.807, 2.05) is 18.2 Å². The largest absolute Gasteiger partial charge is 0.496 e. The van der Waals surface area contributed by atoms with Crippen molar-refractivity contribution in [3.05, 3.63) is 29.3 Å².